The van der Waals surface area contributed by atoms with Gasteiger partial charge in [0.2, 0.25) is 11.8 Å². The van der Waals surface area contributed by atoms with Crippen LogP contribution in [0.1, 0.15) is 50.5 Å². The van der Waals surface area contributed by atoms with E-state index < -0.39 is 5.97 Å². The fourth-order valence-corrected chi connectivity index (χ4v) is 5.96. The normalized spacial score (nSPS) is 17.4. The second-order valence-corrected chi connectivity index (χ2v) is 10.9. The molecule has 0 spiro atoms. The lowest BCUT2D eigenvalue weighted by Gasteiger charge is -2.32. The Balaban J connectivity index is 1.25. The van der Waals surface area contributed by atoms with Crippen LogP contribution in [0.5, 0.6) is 0 Å². The van der Waals surface area contributed by atoms with Crippen LogP contribution in [0.15, 0.2) is 97.1 Å². The average Bonchev–Trinajstić information content (AvgIpc) is 3.82. The van der Waals surface area contributed by atoms with E-state index in [1.165, 1.54) is 5.56 Å². The maximum absolute atomic E-state index is 13.3. The summed E-state index contributed by atoms with van der Waals surface area (Å²) < 4.78 is 0. The van der Waals surface area contributed by atoms with Gasteiger partial charge in [-0.1, -0.05) is 84.9 Å². The highest BCUT2D eigenvalue weighted by atomic mass is 16.4. The number of nitrogens with zero attached hydrogens (tertiary/aromatic N) is 1. The highest BCUT2D eigenvalue weighted by molar-refractivity contribution is 5.90. The summed E-state index contributed by atoms with van der Waals surface area (Å²) in [4.78, 5) is 39.9. The average molecular weight is 545 g/mol. The first-order valence-corrected chi connectivity index (χ1v) is 14.1. The molecule has 4 aromatic carbocycles. The van der Waals surface area contributed by atoms with Gasteiger partial charge in [0.05, 0.1) is 12.0 Å². The summed E-state index contributed by atoms with van der Waals surface area (Å²) in [7, 11) is 0. The molecule has 6 heteroatoms. The molecule has 1 saturated carbocycles. The molecular weight excluding hydrogens is 512 g/mol. The van der Waals surface area contributed by atoms with Crippen molar-refractivity contribution in [3.05, 3.63) is 130 Å². The zero-order chi connectivity index (χ0) is 28.3. The molecule has 6 nitrogen and oxygen atoms in total. The van der Waals surface area contributed by atoms with Gasteiger partial charge < -0.3 is 15.3 Å². The van der Waals surface area contributed by atoms with E-state index in [1.807, 2.05) is 71.6 Å². The van der Waals surface area contributed by atoms with E-state index in [0.717, 1.165) is 39.8 Å². The van der Waals surface area contributed by atoms with E-state index in [-0.39, 0.29) is 29.2 Å². The number of carboxylic acids is 1. The summed E-state index contributed by atoms with van der Waals surface area (Å²) in [5, 5.41) is 12.7. The number of carbonyl (C=O) groups is 3. The molecule has 2 unspecified atom stereocenters. The number of hydrogen-bond acceptors (Lipinski definition) is 3. The minimum atomic E-state index is -0.966. The molecular formula is C35H32N2O4. The number of aromatic carboxylic acids is 1. The molecule has 0 bridgehead atoms. The van der Waals surface area contributed by atoms with E-state index in [0.29, 0.717) is 32.5 Å². The number of benzene rings is 4. The third-order valence-corrected chi connectivity index (χ3v) is 8.29. The summed E-state index contributed by atoms with van der Waals surface area (Å²) >= 11 is 0. The quantitative estimate of drug-likeness (QED) is 0.302. The maximum atomic E-state index is 13.3. The van der Waals surface area contributed by atoms with E-state index in [4.69, 9.17) is 0 Å². The maximum Gasteiger partial charge on any atom is 0.335 e. The van der Waals surface area contributed by atoms with E-state index in [2.05, 4.69) is 17.4 Å². The van der Waals surface area contributed by atoms with Gasteiger partial charge in [0.15, 0.2) is 0 Å². The number of carbonyl (C=O) groups excluding carboxylic acids is 2. The topological polar surface area (TPSA) is 86.7 Å². The molecule has 1 aliphatic heterocycles. The Labute approximate surface area is 239 Å². The number of amides is 2. The Morgan fingerprint density at radius 2 is 1.61 bits per heavy atom. The summed E-state index contributed by atoms with van der Waals surface area (Å²) in [5.41, 5.74) is 7.35. The molecule has 0 aromatic heterocycles. The molecule has 41 heavy (non-hydrogen) atoms. The highest BCUT2D eigenvalue weighted by Gasteiger charge is 2.43. The lowest BCUT2D eigenvalue weighted by Crippen LogP contribution is -2.38. The van der Waals surface area contributed by atoms with Gasteiger partial charge in [-0.05, 0) is 69.8 Å². The predicted molar refractivity (Wildman–Crippen MR) is 157 cm³/mol. The van der Waals surface area contributed by atoms with Gasteiger partial charge in [-0.3, -0.25) is 9.59 Å². The molecule has 0 saturated heterocycles. The van der Waals surface area contributed by atoms with Gasteiger partial charge in [0.25, 0.3) is 0 Å². The first kappa shape index (κ1) is 26.5. The second-order valence-electron chi connectivity index (χ2n) is 10.9. The van der Waals surface area contributed by atoms with E-state index in [1.54, 1.807) is 18.2 Å². The summed E-state index contributed by atoms with van der Waals surface area (Å²) in [6.07, 6.45) is 1.85. The standard InChI is InChI=1S/C35H32N2O4/c38-33(18-23-8-3-1-4-9-23)37-17-16-29-28(25-12-7-13-26(19-25)35(40)41)15-14-27(32(29)22-37)21-36-34(39)31-20-30(31)24-10-5-2-6-11-24/h1-15,19,30-31H,16-18,20-22H2,(H,36,39)(H,40,41). The van der Waals surface area contributed by atoms with Crippen molar-refractivity contribution in [1.82, 2.24) is 10.2 Å². The summed E-state index contributed by atoms with van der Waals surface area (Å²) in [5.74, 6) is -0.598. The second kappa shape index (κ2) is 11.4. The van der Waals surface area contributed by atoms with Crippen LogP contribution in [-0.2, 0) is 35.5 Å². The Hall–Kier alpha value is -4.71. The van der Waals surface area contributed by atoms with Crippen LogP contribution in [0, 0.1) is 5.92 Å². The van der Waals surface area contributed by atoms with Crippen LogP contribution < -0.4 is 5.32 Å². The molecule has 4 aromatic rings. The van der Waals surface area contributed by atoms with Gasteiger partial charge in [-0.2, -0.15) is 0 Å². The molecule has 1 aliphatic carbocycles. The van der Waals surface area contributed by atoms with Crippen LogP contribution in [-0.4, -0.2) is 34.3 Å². The molecule has 2 atom stereocenters. The molecule has 2 amide bonds. The number of nitrogens with one attached hydrogen (secondary N) is 1. The first-order chi connectivity index (χ1) is 20.0. The summed E-state index contributed by atoms with van der Waals surface area (Å²) in [6.45, 7) is 1.42. The van der Waals surface area contributed by atoms with Crippen molar-refractivity contribution in [3.63, 3.8) is 0 Å². The summed E-state index contributed by atoms with van der Waals surface area (Å²) in [6, 6.07) is 30.9. The number of carboxylic acid groups (broad SMARTS) is 1. The van der Waals surface area contributed by atoms with E-state index in [9.17, 15) is 19.5 Å². The molecule has 1 heterocycles. The van der Waals surface area contributed by atoms with Crippen molar-refractivity contribution >= 4 is 17.8 Å². The van der Waals surface area contributed by atoms with Gasteiger partial charge in [-0.25, -0.2) is 4.79 Å². The molecule has 1 fully saturated rings. The van der Waals surface area contributed by atoms with Gasteiger partial charge >= 0.3 is 5.97 Å². The smallest absolute Gasteiger partial charge is 0.335 e. The van der Waals surface area contributed by atoms with Crippen molar-refractivity contribution in [2.75, 3.05) is 6.54 Å². The Morgan fingerprint density at radius 3 is 2.37 bits per heavy atom. The Morgan fingerprint density at radius 1 is 0.854 bits per heavy atom. The third kappa shape index (κ3) is 5.78. The predicted octanol–water partition coefficient (Wildman–Crippen LogP) is 5.60. The number of fused-ring (bicyclic) bond motifs is 1. The zero-order valence-corrected chi connectivity index (χ0v) is 22.8. The third-order valence-electron chi connectivity index (χ3n) is 8.29. The van der Waals surface area contributed by atoms with E-state index >= 15 is 0 Å². The minimum Gasteiger partial charge on any atom is -0.478 e. The number of hydrogen-bond donors (Lipinski definition) is 2. The van der Waals surface area contributed by atoms with Crippen LogP contribution in [0.4, 0.5) is 0 Å². The van der Waals surface area contributed by atoms with Crippen LogP contribution in [0.25, 0.3) is 11.1 Å². The zero-order valence-electron chi connectivity index (χ0n) is 22.8. The monoisotopic (exact) mass is 544 g/mol. The van der Waals surface area contributed by atoms with Crippen molar-refractivity contribution in [2.24, 2.45) is 5.92 Å². The Bertz CT molecular complexity index is 1600. The first-order valence-electron chi connectivity index (χ1n) is 14.1. The van der Waals surface area contributed by atoms with Crippen molar-refractivity contribution in [1.29, 1.82) is 0 Å². The molecule has 206 valence electrons. The van der Waals surface area contributed by atoms with Crippen molar-refractivity contribution in [2.45, 2.75) is 38.3 Å². The minimum absolute atomic E-state index is 0.0183. The van der Waals surface area contributed by atoms with Crippen LogP contribution >= 0.6 is 0 Å². The van der Waals surface area contributed by atoms with Gasteiger partial charge in [0.1, 0.15) is 0 Å². The molecule has 6 rings (SSSR count). The highest BCUT2D eigenvalue weighted by Crippen LogP contribution is 2.47. The van der Waals surface area contributed by atoms with Crippen LogP contribution in [0.2, 0.25) is 0 Å². The lowest BCUT2D eigenvalue weighted by atomic mass is 9.87. The van der Waals surface area contributed by atoms with Gasteiger partial charge in [-0.15, -0.1) is 0 Å². The van der Waals surface area contributed by atoms with Gasteiger partial charge in [0, 0.05) is 25.6 Å². The largest absolute Gasteiger partial charge is 0.478 e. The Kier molecular flexibility index (Phi) is 7.38. The van der Waals surface area contributed by atoms with Crippen LogP contribution in [0.3, 0.4) is 0 Å². The fourth-order valence-electron chi connectivity index (χ4n) is 5.96. The number of rotatable bonds is 8. The molecule has 2 aliphatic rings. The molecule has 0 radical (unpaired) electrons. The molecule has 2 N–H and O–H groups in total. The fraction of sp³-hybridized carbons (Fsp3) is 0.229. The lowest BCUT2D eigenvalue weighted by molar-refractivity contribution is -0.131. The van der Waals surface area contributed by atoms with Crippen molar-refractivity contribution < 1.29 is 19.5 Å². The van der Waals surface area contributed by atoms with Crippen molar-refractivity contribution in [3.8, 4) is 11.1 Å². The SMILES string of the molecule is O=C(O)c1cccc(-c2ccc(CNC(=O)C3CC3c3ccccc3)c3c2CCN(C(=O)Cc2ccccc2)C3)c1.